The molecule has 0 aliphatic carbocycles. The maximum atomic E-state index is 9.19. The van der Waals surface area contributed by atoms with E-state index in [9.17, 15) is 5.11 Å². The van der Waals surface area contributed by atoms with Crippen molar-refractivity contribution in [2.45, 2.75) is 45.6 Å². The average Bonchev–Trinajstić information content (AvgIpc) is 2.29. The second-order valence-electron chi connectivity index (χ2n) is 4.33. The summed E-state index contributed by atoms with van der Waals surface area (Å²) in [6, 6.07) is 7.79. The van der Waals surface area contributed by atoms with Crippen molar-refractivity contribution in [1.29, 1.82) is 0 Å². The minimum absolute atomic E-state index is 0.332. The molecule has 2 N–H and O–H groups in total. The summed E-state index contributed by atoms with van der Waals surface area (Å²) in [5.41, 5.74) is 1.23. The van der Waals surface area contributed by atoms with Gasteiger partial charge < -0.3 is 10.4 Å². The third kappa shape index (κ3) is 4.67. The Labute approximate surface area is 98.7 Å². The second-order valence-corrected chi connectivity index (χ2v) is 4.33. The highest BCUT2D eigenvalue weighted by Crippen LogP contribution is 2.16. The lowest BCUT2D eigenvalue weighted by Crippen LogP contribution is -2.19. The molecule has 0 bridgehead atoms. The fraction of sp³-hybridized carbons (Fsp3) is 0.571. The summed E-state index contributed by atoms with van der Waals surface area (Å²) >= 11 is 0. The zero-order valence-corrected chi connectivity index (χ0v) is 10.4. The number of aromatic hydroxyl groups is 1. The van der Waals surface area contributed by atoms with Gasteiger partial charge in [-0.2, -0.15) is 0 Å². The van der Waals surface area contributed by atoms with Crippen LogP contribution in [0, 0.1) is 0 Å². The summed E-state index contributed by atoms with van der Waals surface area (Å²) in [5.74, 6) is 0.332. The van der Waals surface area contributed by atoms with Gasteiger partial charge in [0.1, 0.15) is 5.75 Å². The van der Waals surface area contributed by atoms with Crippen LogP contribution in [0.3, 0.4) is 0 Å². The van der Waals surface area contributed by atoms with Crippen molar-refractivity contribution in [2.24, 2.45) is 0 Å². The van der Waals surface area contributed by atoms with Crippen LogP contribution in [0.25, 0.3) is 0 Å². The van der Waals surface area contributed by atoms with Crippen molar-refractivity contribution >= 4 is 0 Å². The van der Waals surface area contributed by atoms with Gasteiger partial charge in [0.25, 0.3) is 0 Å². The quantitative estimate of drug-likeness (QED) is 0.689. The van der Waals surface area contributed by atoms with E-state index in [-0.39, 0.29) is 0 Å². The van der Waals surface area contributed by atoms with Crippen molar-refractivity contribution in [3.63, 3.8) is 0 Å². The maximum absolute atomic E-state index is 9.19. The van der Waals surface area contributed by atoms with Crippen molar-refractivity contribution in [3.05, 3.63) is 29.8 Å². The molecule has 1 aromatic rings. The number of benzene rings is 1. The van der Waals surface area contributed by atoms with Gasteiger partial charge in [0.05, 0.1) is 0 Å². The van der Waals surface area contributed by atoms with Crippen LogP contribution in [-0.2, 0) is 0 Å². The third-order valence-electron chi connectivity index (χ3n) is 2.87. The van der Waals surface area contributed by atoms with E-state index in [0.29, 0.717) is 11.8 Å². The average molecular weight is 221 g/mol. The number of nitrogens with one attached hydrogen (secondary N) is 1. The van der Waals surface area contributed by atoms with Gasteiger partial charge in [-0.25, -0.2) is 0 Å². The van der Waals surface area contributed by atoms with Gasteiger partial charge in [0.2, 0.25) is 0 Å². The normalized spacial score (nSPS) is 12.6. The summed E-state index contributed by atoms with van der Waals surface area (Å²) < 4.78 is 0. The smallest absolute Gasteiger partial charge is 0.115 e. The fourth-order valence-corrected chi connectivity index (χ4v) is 1.75. The largest absolute Gasteiger partial charge is 0.508 e. The van der Waals surface area contributed by atoms with Crippen LogP contribution in [-0.4, -0.2) is 11.7 Å². The molecule has 0 aliphatic rings. The standard InChI is InChI=1S/C14H23NO/c1-3-4-5-6-11-15-12(2)13-7-9-14(16)10-8-13/h7-10,12,15-16H,3-6,11H2,1-2H3. The summed E-state index contributed by atoms with van der Waals surface area (Å²) in [7, 11) is 0. The van der Waals surface area contributed by atoms with Crippen LogP contribution in [0.5, 0.6) is 5.75 Å². The highest BCUT2D eigenvalue weighted by molar-refractivity contribution is 5.27. The minimum atomic E-state index is 0.332. The Balaban J connectivity index is 2.24. The zero-order chi connectivity index (χ0) is 11.8. The molecule has 16 heavy (non-hydrogen) atoms. The van der Waals surface area contributed by atoms with E-state index in [1.807, 2.05) is 12.1 Å². The van der Waals surface area contributed by atoms with Gasteiger partial charge in [-0.15, -0.1) is 0 Å². The second kappa shape index (κ2) is 7.29. The van der Waals surface area contributed by atoms with Crippen LogP contribution < -0.4 is 5.32 Å². The molecule has 0 saturated heterocycles. The minimum Gasteiger partial charge on any atom is -0.508 e. The van der Waals surface area contributed by atoms with Gasteiger partial charge >= 0.3 is 0 Å². The van der Waals surface area contributed by atoms with E-state index < -0.39 is 0 Å². The molecule has 0 fully saturated rings. The Hall–Kier alpha value is -1.02. The Morgan fingerprint density at radius 3 is 2.44 bits per heavy atom. The van der Waals surface area contributed by atoms with Crippen LogP contribution >= 0.6 is 0 Å². The first-order valence-corrected chi connectivity index (χ1v) is 6.26. The first-order chi connectivity index (χ1) is 7.74. The zero-order valence-electron chi connectivity index (χ0n) is 10.4. The van der Waals surface area contributed by atoms with Crippen molar-refractivity contribution in [2.75, 3.05) is 6.54 Å². The Bertz CT molecular complexity index is 281. The summed E-state index contributed by atoms with van der Waals surface area (Å²) in [4.78, 5) is 0. The number of phenolic OH excluding ortho intramolecular Hbond substituents is 1. The Morgan fingerprint density at radius 1 is 1.12 bits per heavy atom. The molecule has 0 spiro atoms. The van der Waals surface area contributed by atoms with E-state index >= 15 is 0 Å². The van der Waals surface area contributed by atoms with Gasteiger partial charge in [0, 0.05) is 6.04 Å². The monoisotopic (exact) mass is 221 g/mol. The lowest BCUT2D eigenvalue weighted by atomic mass is 10.1. The summed E-state index contributed by atoms with van der Waals surface area (Å²) in [6.07, 6.45) is 5.17. The molecule has 1 rings (SSSR count). The topological polar surface area (TPSA) is 32.3 Å². The molecule has 1 aromatic carbocycles. The lowest BCUT2D eigenvalue weighted by molar-refractivity contribution is 0.474. The SMILES string of the molecule is CCCCCCNC(C)c1ccc(O)cc1. The Morgan fingerprint density at radius 2 is 1.81 bits per heavy atom. The van der Waals surface area contributed by atoms with Crippen LogP contribution in [0.2, 0.25) is 0 Å². The molecular formula is C14H23NO. The molecule has 0 heterocycles. The molecule has 0 aromatic heterocycles. The van der Waals surface area contributed by atoms with Crippen LogP contribution in [0.1, 0.15) is 51.1 Å². The number of hydrogen-bond donors (Lipinski definition) is 2. The third-order valence-corrected chi connectivity index (χ3v) is 2.87. The molecule has 1 unspecified atom stereocenters. The molecule has 0 aliphatic heterocycles. The van der Waals surface area contributed by atoms with Crippen LogP contribution in [0.4, 0.5) is 0 Å². The number of rotatable bonds is 7. The molecule has 0 radical (unpaired) electrons. The predicted octanol–water partition coefficient (Wildman–Crippen LogP) is 3.62. The van der Waals surface area contributed by atoms with Gasteiger partial charge in [-0.05, 0) is 37.6 Å². The van der Waals surface area contributed by atoms with Gasteiger partial charge in [-0.3, -0.25) is 0 Å². The highest BCUT2D eigenvalue weighted by atomic mass is 16.3. The molecular weight excluding hydrogens is 198 g/mol. The van der Waals surface area contributed by atoms with E-state index in [1.165, 1.54) is 31.2 Å². The molecule has 0 amide bonds. The van der Waals surface area contributed by atoms with Crippen molar-refractivity contribution < 1.29 is 5.11 Å². The van der Waals surface area contributed by atoms with E-state index in [1.54, 1.807) is 12.1 Å². The molecule has 2 heteroatoms. The number of unbranched alkanes of at least 4 members (excludes halogenated alkanes) is 3. The highest BCUT2D eigenvalue weighted by Gasteiger charge is 2.03. The summed E-state index contributed by atoms with van der Waals surface area (Å²) in [6.45, 7) is 5.46. The first-order valence-electron chi connectivity index (χ1n) is 6.26. The molecule has 0 saturated carbocycles. The molecule has 1 atom stereocenters. The number of phenols is 1. The maximum Gasteiger partial charge on any atom is 0.115 e. The van der Waals surface area contributed by atoms with Crippen molar-refractivity contribution in [3.8, 4) is 5.75 Å². The first kappa shape index (κ1) is 13.0. The lowest BCUT2D eigenvalue weighted by Gasteiger charge is -2.14. The number of hydrogen-bond acceptors (Lipinski definition) is 2. The van der Waals surface area contributed by atoms with Crippen LogP contribution in [0.15, 0.2) is 24.3 Å². The predicted molar refractivity (Wildman–Crippen MR) is 68.7 cm³/mol. The molecule has 90 valence electrons. The fourth-order valence-electron chi connectivity index (χ4n) is 1.75. The summed E-state index contributed by atoms with van der Waals surface area (Å²) in [5, 5.41) is 12.7. The van der Waals surface area contributed by atoms with E-state index in [0.717, 1.165) is 6.54 Å². The van der Waals surface area contributed by atoms with Gasteiger partial charge in [0.15, 0.2) is 0 Å². The van der Waals surface area contributed by atoms with E-state index in [2.05, 4.69) is 19.2 Å². The Kier molecular flexibility index (Phi) is 5.94. The van der Waals surface area contributed by atoms with Crippen molar-refractivity contribution in [1.82, 2.24) is 5.32 Å². The molecule has 2 nitrogen and oxygen atoms in total. The van der Waals surface area contributed by atoms with E-state index in [4.69, 9.17) is 0 Å². The van der Waals surface area contributed by atoms with Gasteiger partial charge in [-0.1, -0.05) is 38.3 Å².